The quantitative estimate of drug-likeness (QED) is 0.762. The van der Waals surface area contributed by atoms with Gasteiger partial charge in [-0.3, -0.25) is 4.79 Å². The summed E-state index contributed by atoms with van der Waals surface area (Å²) in [5.41, 5.74) is 2.67. The number of carbonyl (C=O) groups is 1. The molecule has 0 atom stereocenters. The lowest BCUT2D eigenvalue weighted by Gasteiger charge is -2.28. The van der Waals surface area contributed by atoms with Gasteiger partial charge in [0, 0.05) is 30.8 Å². The first-order chi connectivity index (χ1) is 11.6. The number of hydrogen-bond acceptors (Lipinski definition) is 3. The van der Waals surface area contributed by atoms with Crippen LogP contribution < -0.4 is 4.90 Å². The minimum absolute atomic E-state index is 0.0731. The molecule has 24 heavy (non-hydrogen) atoms. The molecule has 1 aliphatic heterocycles. The highest BCUT2D eigenvalue weighted by Crippen LogP contribution is 2.20. The summed E-state index contributed by atoms with van der Waals surface area (Å²) in [7, 11) is 0. The van der Waals surface area contributed by atoms with Gasteiger partial charge in [0.15, 0.2) is 5.78 Å². The van der Waals surface area contributed by atoms with Crippen LogP contribution in [0.4, 0.5) is 10.1 Å². The van der Waals surface area contributed by atoms with Gasteiger partial charge in [0.2, 0.25) is 0 Å². The van der Waals surface area contributed by atoms with Crippen molar-refractivity contribution in [3.63, 3.8) is 0 Å². The molecule has 0 aromatic heterocycles. The average molecular weight is 348 g/mol. The van der Waals surface area contributed by atoms with Crippen molar-refractivity contribution in [1.82, 2.24) is 0 Å². The third-order valence-electron chi connectivity index (χ3n) is 4.19. The van der Waals surface area contributed by atoms with Crippen molar-refractivity contribution in [2.75, 3.05) is 31.2 Å². The first-order valence-corrected chi connectivity index (χ1v) is 8.41. The largest absolute Gasteiger partial charge is 0.378 e. The third-order valence-corrected chi connectivity index (χ3v) is 4.48. The minimum atomic E-state index is -0.439. The van der Waals surface area contributed by atoms with E-state index in [0.717, 1.165) is 37.6 Å². The van der Waals surface area contributed by atoms with Crippen molar-refractivity contribution < 1.29 is 13.9 Å². The van der Waals surface area contributed by atoms with E-state index in [1.54, 1.807) is 12.1 Å². The molecule has 0 bridgehead atoms. The van der Waals surface area contributed by atoms with E-state index in [9.17, 15) is 9.18 Å². The van der Waals surface area contributed by atoms with Gasteiger partial charge in [-0.2, -0.15) is 0 Å². The summed E-state index contributed by atoms with van der Waals surface area (Å²) in [4.78, 5) is 14.6. The van der Waals surface area contributed by atoms with Crippen molar-refractivity contribution in [2.45, 2.75) is 12.8 Å². The normalized spacial score (nSPS) is 14.7. The molecule has 3 rings (SSSR count). The standard InChI is InChI=1S/C19H19ClFNO2/c20-17-13-14(1-7-18(17)21)2-8-19(23)15-3-5-16(6-4-15)22-9-11-24-12-10-22/h1,3-7,13H,2,8-12H2. The number of ketones is 1. The van der Waals surface area contributed by atoms with Crippen LogP contribution in [0.2, 0.25) is 5.02 Å². The molecule has 0 radical (unpaired) electrons. The summed E-state index contributed by atoms with van der Waals surface area (Å²) in [5.74, 6) is -0.366. The molecule has 0 amide bonds. The van der Waals surface area contributed by atoms with Crippen LogP contribution in [0.5, 0.6) is 0 Å². The van der Waals surface area contributed by atoms with Crippen LogP contribution in [0, 0.1) is 5.82 Å². The maximum absolute atomic E-state index is 13.1. The van der Waals surface area contributed by atoms with Crippen molar-refractivity contribution in [3.8, 4) is 0 Å². The number of aryl methyl sites for hydroxylation is 1. The monoisotopic (exact) mass is 347 g/mol. The summed E-state index contributed by atoms with van der Waals surface area (Å²) in [5, 5.41) is 0.0924. The summed E-state index contributed by atoms with van der Waals surface area (Å²) in [6.45, 7) is 3.22. The Bertz CT molecular complexity index is 712. The first-order valence-electron chi connectivity index (χ1n) is 8.03. The van der Waals surface area contributed by atoms with Crippen molar-refractivity contribution in [3.05, 3.63) is 64.4 Å². The molecule has 0 saturated carbocycles. The Kier molecular flexibility index (Phi) is 5.48. The maximum Gasteiger partial charge on any atom is 0.163 e. The molecule has 0 unspecified atom stereocenters. The number of halogens is 2. The molecule has 1 heterocycles. The molecule has 5 heteroatoms. The van der Waals surface area contributed by atoms with E-state index >= 15 is 0 Å². The number of ether oxygens (including phenoxy) is 1. The molecular weight excluding hydrogens is 329 g/mol. The van der Waals surface area contributed by atoms with E-state index in [0.29, 0.717) is 18.4 Å². The molecule has 3 nitrogen and oxygen atoms in total. The fourth-order valence-electron chi connectivity index (χ4n) is 2.78. The Morgan fingerprint density at radius 3 is 2.50 bits per heavy atom. The highest BCUT2D eigenvalue weighted by Gasteiger charge is 2.12. The topological polar surface area (TPSA) is 29.5 Å². The van der Waals surface area contributed by atoms with Crippen LogP contribution in [-0.2, 0) is 11.2 Å². The Labute approximate surface area is 146 Å². The van der Waals surface area contributed by atoms with Crippen molar-refractivity contribution in [1.29, 1.82) is 0 Å². The number of anilines is 1. The highest BCUT2D eigenvalue weighted by molar-refractivity contribution is 6.30. The van der Waals surface area contributed by atoms with Crippen LogP contribution in [0.25, 0.3) is 0 Å². The van der Waals surface area contributed by atoms with Gasteiger partial charge < -0.3 is 9.64 Å². The molecule has 1 fully saturated rings. The zero-order chi connectivity index (χ0) is 16.9. The van der Waals surface area contributed by atoms with Gasteiger partial charge in [0.05, 0.1) is 18.2 Å². The molecule has 1 saturated heterocycles. The molecular formula is C19H19ClFNO2. The SMILES string of the molecule is O=C(CCc1ccc(F)c(Cl)c1)c1ccc(N2CCOCC2)cc1. The lowest BCUT2D eigenvalue weighted by molar-refractivity contribution is 0.0982. The smallest absolute Gasteiger partial charge is 0.163 e. The van der Waals surface area contributed by atoms with Crippen LogP contribution in [0.3, 0.4) is 0 Å². The fraction of sp³-hybridized carbons (Fsp3) is 0.316. The molecule has 0 spiro atoms. The number of hydrogen-bond donors (Lipinski definition) is 0. The predicted molar refractivity (Wildman–Crippen MR) is 93.5 cm³/mol. The fourth-order valence-corrected chi connectivity index (χ4v) is 2.98. The van der Waals surface area contributed by atoms with E-state index < -0.39 is 5.82 Å². The second kappa shape index (κ2) is 7.77. The molecule has 1 aliphatic rings. The van der Waals surface area contributed by atoms with Crippen LogP contribution in [0.15, 0.2) is 42.5 Å². The molecule has 2 aromatic rings. The zero-order valence-corrected chi connectivity index (χ0v) is 14.1. The Balaban J connectivity index is 1.59. The minimum Gasteiger partial charge on any atom is -0.378 e. The van der Waals surface area contributed by atoms with E-state index in [1.807, 2.05) is 24.3 Å². The van der Waals surface area contributed by atoms with Gasteiger partial charge in [-0.25, -0.2) is 4.39 Å². The lowest BCUT2D eigenvalue weighted by atomic mass is 10.0. The number of rotatable bonds is 5. The van der Waals surface area contributed by atoms with Gasteiger partial charge in [0.1, 0.15) is 5.82 Å². The Hall–Kier alpha value is -1.91. The molecule has 2 aromatic carbocycles. The second-order valence-corrected chi connectivity index (χ2v) is 6.23. The lowest BCUT2D eigenvalue weighted by Crippen LogP contribution is -2.36. The van der Waals surface area contributed by atoms with Crippen LogP contribution >= 0.6 is 11.6 Å². The van der Waals surface area contributed by atoms with Crippen LogP contribution in [0.1, 0.15) is 22.3 Å². The van der Waals surface area contributed by atoms with E-state index in [4.69, 9.17) is 16.3 Å². The summed E-state index contributed by atoms with van der Waals surface area (Å²) < 4.78 is 18.5. The van der Waals surface area contributed by atoms with Crippen molar-refractivity contribution in [2.24, 2.45) is 0 Å². The number of carbonyl (C=O) groups excluding carboxylic acids is 1. The molecule has 0 N–H and O–H groups in total. The third kappa shape index (κ3) is 4.13. The van der Waals surface area contributed by atoms with Crippen molar-refractivity contribution >= 4 is 23.1 Å². The maximum atomic E-state index is 13.1. The molecule has 126 valence electrons. The number of morpholine rings is 1. The number of benzene rings is 2. The van der Waals surface area contributed by atoms with Gasteiger partial charge in [0.25, 0.3) is 0 Å². The van der Waals surface area contributed by atoms with E-state index in [1.165, 1.54) is 6.07 Å². The average Bonchev–Trinajstić information content (AvgIpc) is 2.63. The van der Waals surface area contributed by atoms with Gasteiger partial charge in [-0.05, 0) is 48.4 Å². The summed E-state index contributed by atoms with van der Waals surface area (Å²) in [6.07, 6.45) is 0.920. The summed E-state index contributed by atoms with van der Waals surface area (Å²) in [6, 6.07) is 12.3. The van der Waals surface area contributed by atoms with E-state index in [-0.39, 0.29) is 10.8 Å². The van der Waals surface area contributed by atoms with E-state index in [2.05, 4.69) is 4.90 Å². The Morgan fingerprint density at radius 2 is 1.83 bits per heavy atom. The van der Waals surface area contributed by atoms with Gasteiger partial charge in [-0.15, -0.1) is 0 Å². The van der Waals surface area contributed by atoms with Gasteiger partial charge in [-0.1, -0.05) is 17.7 Å². The summed E-state index contributed by atoms with van der Waals surface area (Å²) >= 11 is 5.76. The molecule has 0 aliphatic carbocycles. The second-order valence-electron chi connectivity index (χ2n) is 5.82. The Morgan fingerprint density at radius 1 is 1.12 bits per heavy atom. The number of Topliss-reactive ketones (excluding diaryl/α,β-unsaturated/α-hetero) is 1. The first kappa shape index (κ1) is 16.9. The highest BCUT2D eigenvalue weighted by atomic mass is 35.5. The van der Waals surface area contributed by atoms with Gasteiger partial charge >= 0.3 is 0 Å². The number of nitrogens with zero attached hydrogens (tertiary/aromatic N) is 1. The zero-order valence-electron chi connectivity index (χ0n) is 13.3. The van der Waals surface area contributed by atoms with Crippen LogP contribution in [-0.4, -0.2) is 32.1 Å². The predicted octanol–water partition coefficient (Wildman–Crippen LogP) is 4.13.